The summed E-state index contributed by atoms with van der Waals surface area (Å²) in [6.07, 6.45) is -4.74. The van der Waals surface area contributed by atoms with Crippen molar-refractivity contribution >= 4 is 33.7 Å². The molecular formula is C24H27BrF3N3O4. The Morgan fingerprint density at radius 2 is 1.71 bits per heavy atom. The standard InChI is InChI=1S/C22H26BrN3O2.C2HF3O2/c1-17-4-2-5-18(14-17)16-26(22(28)19-6-3-7-20(23)15-19)11-8-21(27)25-12-9-24-10-13-25;3-2(4,5)1(6)7/h2-7,14-15,24H,8-13,16H2,1H3;(H,6,7). The number of piperazine rings is 1. The highest BCUT2D eigenvalue weighted by molar-refractivity contribution is 9.10. The molecule has 1 aliphatic rings. The summed E-state index contributed by atoms with van der Waals surface area (Å²) in [5.41, 5.74) is 2.85. The van der Waals surface area contributed by atoms with Gasteiger partial charge < -0.3 is 20.2 Å². The number of halogens is 4. The Morgan fingerprint density at radius 3 is 2.29 bits per heavy atom. The number of aryl methyl sites for hydroxylation is 1. The molecule has 0 atom stereocenters. The van der Waals surface area contributed by atoms with Crippen LogP contribution in [0.25, 0.3) is 0 Å². The van der Waals surface area contributed by atoms with E-state index in [4.69, 9.17) is 9.90 Å². The molecule has 35 heavy (non-hydrogen) atoms. The molecule has 1 aliphatic heterocycles. The molecule has 0 aromatic heterocycles. The van der Waals surface area contributed by atoms with Crippen molar-refractivity contribution in [3.05, 3.63) is 69.7 Å². The number of carbonyl (C=O) groups excluding carboxylic acids is 2. The minimum atomic E-state index is -5.08. The molecule has 1 saturated heterocycles. The third-order valence-corrected chi connectivity index (χ3v) is 5.62. The van der Waals surface area contributed by atoms with E-state index in [1.165, 1.54) is 0 Å². The molecule has 1 heterocycles. The quantitative estimate of drug-likeness (QED) is 0.563. The number of rotatable bonds is 6. The van der Waals surface area contributed by atoms with Crippen LogP contribution in [0.2, 0.25) is 0 Å². The summed E-state index contributed by atoms with van der Waals surface area (Å²) in [5, 5.41) is 10.4. The summed E-state index contributed by atoms with van der Waals surface area (Å²) in [5.74, 6) is -2.71. The monoisotopic (exact) mass is 557 g/mol. The highest BCUT2D eigenvalue weighted by atomic mass is 79.9. The average molecular weight is 558 g/mol. The minimum absolute atomic E-state index is 0.0593. The van der Waals surface area contributed by atoms with Gasteiger partial charge in [-0.15, -0.1) is 0 Å². The lowest BCUT2D eigenvalue weighted by Gasteiger charge is -2.29. The van der Waals surface area contributed by atoms with E-state index in [2.05, 4.69) is 27.3 Å². The van der Waals surface area contributed by atoms with E-state index in [1.54, 1.807) is 4.90 Å². The number of nitrogens with one attached hydrogen (secondary N) is 1. The van der Waals surface area contributed by atoms with Crippen molar-refractivity contribution in [2.45, 2.75) is 26.1 Å². The summed E-state index contributed by atoms with van der Waals surface area (Å²) < 4.78 is 32.6. The SMILES string of the molecule is Cc1cccc(CN(CCC(=O)N2CCNCC2)C(=O)c2cccc(Br)c2)c1.O=C(O)C(F)(F)F. The van der Waals surface area contributed by atoms with Gasteiger partial charge in [-0.2, -0.15) is 13.2 Å². The van der Waals surface area contributed by atoms with Gasteiger partial charge in [0.1, 0.15) is 0 Å². The van der Waals surface area contributed by atoms with Crippen molar-refractivity contribution in [2.75, 3.05) is 32.7 Å². The van der Waals surface area contributed by atoms with Crippen LogP contribution in [0.1, 0.15) is 27.9 Å². The first-order chi connectivity index (χ1) is 16.5. The van der Waals surface area contributed by atoms with Crippen LogP contribution in [0.3, 0.4) is 0 Å². The van der Waals surface area contributed by atoms with Gasteiger partial charge >= 0.3 is 12.1 Å². The van der Waals surface area contributed by atoms with Crippen LogP contribution < -0.4 is 5.32 Å². The van der Waals surface area contributed by atoms with Gasteiger partial charge in [0.2, 0.25) is 5.91 Å². The molecule has 3 rings (SSSR count). The number of aliphatic carboxylic acids is 1. The highest BCUT2D eigenvalue weighted by Gasteiger charge is 2.38. The molecular weight excluding hydrogens is 531 g/mol. The lowest BCUT2D eigenvalue weighted by Crippen LogP contribution is -2.47. The van der Waals surface area contributed by atoms with E-state index in [0.717, 1.165) is 41.8 Å². The van der Waals surface area contributed by atoms with Crippen LogP contribution in [0.15, 0.2) is 53.0 Å². The van der Waals surface area contributed by atoms with Crippen LogP contribution >= 0.6 is 15.9 Å². The second kappa shape index (κ2) is 13.2. The zero-order valence-electron chi connectivity index (χ0n) is 19.1. The number of amides is 2. The highest BCUT2D eigenvalue weighted by Crippen LogP contribution is 2.17. The summed E-state index contributed by atoms with van der Waals surface area (Å²) in [7, 11) is 0. The normalized spacial score (nSPS) is 13.5. The van der Waals surface area contributed by atoms with E-state index < -0.39 is 12.1 Å². The number of hydrogen-bond acceptors (Lipinski definition) is 4. The lowest BCUT2D eigenvalue weighted by molar-refractivity contribution is -0.192. The van der Waals surface area contributed by atoms with Crippen LogP contribution in [0, 0.1) is 6.92 Å². The van der Waals surface area contributed by atoms with Crippen LogP contribution in [-0.4, -0.2) is 71.6 Å². The molecule has 2 amide bonds. The van der Waals surface area contributed by atoms with Gasteiger partial charge in [-0.25, -0.2) is 4.79 Å². The maximum absolute atomic E-state index is 13.1. The number of carboxylic acids is 1. The molecule has 2 N–H and O–H groups in total. The van der Waals surface area contributed by atoms with Crippen molar-refractivity contribution in [1.82, 2.24) is 15.1 Å². The van der Waals surface area contributed by atoms with Crippen molar-refractivity contribution in [3.8, 4) is 0 Å². The number of nitrogens with zero attached hydrogens (tertiary/aromatic N) is 2. The third kappa shape index (κ3) is 9.69. The maximum Gasteiger partial charge on any atom is 0.490 e. The van der Waals surface area contributed by atoms with E-state index in [1.807, 2.05) is 54.3 Å². The van der Waals surface area contributed by atoms with Gasteiger partial charge in [-0.1, -0.05) is 51.8 Å². The van der Waals surface area contributed by atoms with E-state index in [-0.39, 0.29) is 11.8 Å². The minimum Gasteiger partial charge on any atom is -0.475 e. The predicted octanol–water partition coefficient (Wildman–Crippen LogP) is 3.86. The molecule has 7 nitrogen and oxygen atoms in total. The summed E-state index contributed by atoms with van der Waals surface area (Å²) >= 11 is 3.43. The smallest absolute Gasteiger partial charge is 0.475 e. The molecule has 2 aromatic rings. The molecule has 2 aromatic carbocycles. The molecule has 0 radical (unpaired) electrons. The van der Waals surface area contributed by atoms with E-state index >= 15 is 0 Å². The predicted molar refractivity (Wildman–Crippen MR) is 128 cm³/mol. The molecule has 0 saturated carbocycles. The molecule has 0 aliphatic carbocycles. The first-order valence-corrected chi connectivity index (χ1v) is 11.7. The summed E-state index contributed by atoms with van der Waals surface area (Å²) in [4.78, 5) is 38.3. The van der Waals surface area contributed by atoms with Crippen molar-refractivity contribution < 1.29 is 32.7 Å². The topological polar surface area (TPSA) is 90.0 Å². The Morgan fingerprint density at radius 1 is 1.09 bits per heavy atom. The third-order valence-electron chi connectivity index (χ3n) is 5.12. The first-order valence-electron chi connectivity index (χ1n) is 10.9. The van der Waals surface area contributed by atoms with Gasteiger partial charge in [0.05, 0.1) is 0 Å². The Kier molecular flexibility index (Phi) is 10.7. The largest absolute Gasteiger partial charge is 0.490 e. The van der Waals surface area contributed by atoms with Crippen LogP contribution in [-0.2, 0) is 16.1 Å². The van der Waals surface area contributed by atoms with E-state index in [0.29, 0.717) is 25.1 Å². The number of alkyl halides is 3. The average Bonchev–Trinajstić information content (AvgIpc) is 2.81. The van der Waals surface area contributed by atoms with Crippen molar-refractivity contribution in [3.63, 3.8) is 0 Å². The molecule has 0 spiro atoms. The van der Waals surface area contributed by atoms with Crippen molar-refractivity contribution in [1.29, 1.82) is 0 Å². The van der Waals surface area contributed by atoms with Gasteiger partial charge in [-0.05, 0) is 30.7 Å². The Balaban J connectivity index is 0.000000540. The molecule has 1 fully saturated rings. The van der Waals surface area contributed by atoms with Gasteiger partial charge in [0.25, 0.3) is 5.91 Å². The zero-order chi connectivity index (χ0) is 26.0. The van der Waals surface area contributed by atoms with Gasteiger partial charge in [0, 0.05) is 55.7 Å². The molecule has 0 unspecified atom stereocenters. The fourth-order valence-electron chi connectivity index (χ4n) is 3.39. The molecule has 190 valence electrons. The van der Waals surface area contributed by atoms with Crippen molar-refractivity contribution in [2.24, 2.45) is 0 Å². The van der Waals surface area contributed by atoms with Crippen LogP contribution in [0.5, 0.6) is 0 Å². The fourth-order valence-corrected chi connectivity index (χ4v) is 3.79. The summed E-state index contributed by atoms with van der Waals surface area (Å²) in [6, 6.07) is 15.5. The number of hydrogen-bond donors (Lipinski definition) is 2. The van der Waals surface area contributed by atoms with Crippen LogP contribution in [0.4, 0.5) is 13.2 Å². The number of benzene rings is 2. The second-order valence-electron chi connectivity index (χ2n) is 7.91. The molecule has 0 bridgehead atoms. The first kappa shape index (κ1) is 28.3. The number of carboxylic acid groups (broad SMARTS) is 1. The Labute approximate surface area is 210 Å². The van der Waals surface area contributed by atoms with Gasteiger partial charge in [-0.3, -0.25) is 9.59 Å². The van der Waals surface area contributed by atoms with E-state index in [9.17, 15) is 22.8 Å². The van der Waals surface area contributed by atoms with Gasteiger partial charge in [0.15, 0.2) is 0 Å². The Hall–Kier alpha value is -2.92. The summed E-state index contributed by atoms with van der Waals surface area (Å²) in [6.45, 7) is 6.06. The molecule has 11 heteroatoms. The number of carbonyl (C=O) groups is 3. The second-order valence-corrected chi connectivity index (χ2v) is 8.83. The fraction of sp³-hybridized carbons (Fsp3) is 0.375. The maximum atomic E-state index is 13.1. The lowest BCUT2D eigenvalue weighted by atomic mass is 10.1. The Bertz CT molecular complexity index is 1030. The zero-order valence-corrected chi connectivity index (χ0v) is 20.7.